The summed E-state index contributed by atoms with van der Waals surface area (Å²) in [5.41, 5.74) is 1.51. The van der Waals surface area contributed by atoms with Crippen LogP contribution in [0.2, 0.25) is 0 Å². The highest BCUT2D eigenvalue weighted by molar-refractivity contribution is 7.99. The van der Waals surface area contributed by atoms with E-state index in [1.165, 1.54) is 0 Å². The van der Waals surface area contributed by atoms with Crippen LogP contribution in [0.4, 0.5) is 0 Å². The maximum absolute atomic E-state index is 12.3. The lowest BCUT2D eigenvalue weighted by Gasteiger charge is -2.12. The summed E-state index contributed by atoms with van der Waals surface area (Å²) in [7, 11) is 0. The van der Waals surface area contributed by atoms with Gasteiger partial charge in [0.05, 0.1) is 21.7 Å². The number of aryl methyl sites for hydroxylation is 1. The van der Waals surface area contributed by atoms with Gasteiger partial charge in [0, 0.05) is 5.39 Å². The Morgan fingerprint density at radius 3 is 2.32 bits per heavy atom. The van der Waals surface area contributed by atoms with Gasteiger partial charge in [0.2, 0.25) is 0 Å². The number of thioether (sulfide) groups is 1. The van der Waals surface area contributed by atoms with Gasteiger partial charge in [-0.2, -0.15) is 0 Å². The van der Waals surface area contributed by atoms with Crippen molar-refractivity contribution in [2.24, 2.45) is 0 Å². The molecule has 6 heteroatoms. The number of hydrogen-bond acceptors (Lipinski definition) is 5. The Labute approximate surface area is 148 Å². The van der Waals surface area contributed by atoms with E-state index in [2.05, 4.69) is 19.9 Å². The monoisotopic (exact) mass is 348 g/mol. The van der Waals surface area contributed by atoms with Gasteiger partial charge in [0.25, 0.3) is 5.56 Å². The van der Waals surface area contributed by atoms with E-state index in [9.17, 15) is 4.79 Å². The van der Waals surface area contributed by atoms with Crippen molar-refractivity contribution in [1.82, 2.24) is 19.9 Å². The van der Waals surface area contributed by atoms with E-state index in [0.717, 1.165) is 21.8 Å². The first-order valence-corrected chi connectivity index (χ1v) is 8.89. The molecule has 124 valence electrons. The number of rotatable bonds is 3. The van der Waals surface area contributed by atoms with Gasteiger partial charge in [0.15, 0.2) is 0 Å². The molecule has 0 aliphatic rings. The van der Waals surface area contributed by atoms with E-state index < -0.39 is 0 Å². The van der Waals surface area contributed by atoms with Gasteiger partial charge < -0.3 is 4.98 Å². The molecule has 2 heterocycles. The lowest BCUT2D eigenvalue weighted by molar-refractivity contribution is 0.915. The van der Waals surface area contributed by atoms with Crippen LogP contribution in [0.5, 0.6) is 0 Å². The molecule has 0 bridgehead atoms. The Hall–Kier alpha value is -2.73. The Kier molecular flexibility index (Phi) is 3.97. The van der Waals surface area contributed by atoms with Crippen LogP contribution >= 0.6 is 11.8 Å². The first kappa shape index (κ1) is 15.8. The predicted molar refractivity (Wildman–Crippen MR) is 101 cm³/mol. The molecule has 2 aromatic heterocycles. The highest BCUT2D eigenvalue weighted by Crippen LogP contribution is 2.35. The summed E-state index contributed by atoms with van der Waals surface area (Å²) in [5.74, 6) is 1.38. The summed E-state index contributed by atoms with van der Waals surface area (Å²) in [4.78, 5) is 28.9. The molecular weight excluding hydrogens is 332 g/mol. The number of nitrogens with one attached hydrogen (secondary N) is 1. The van der Waals surface area contributed by atoms with E-state index in [1.807, 2.05) is 56.3 Å². The summed E-state index contributed by atoms with van der Waals surface area (Å²) in [6.07, 6.45) is 0. The third kappa shape index (κ3) is 3.00. The average Bonchev–Trinajstić information content (AvgIpc) is 2.61. The fourth-order valence-electron chi connectivity index (χ4n) is 2.77. The van der Waals surface area contributed by atoms with E-state index in [1.54, 1.807) is 17.8 Å². The number of fused-ring (bicyclic) bond motifs is 2. The molecule has 0 saturated carbocycles. The van der Waals surface area contributed by atoms with Gasteiger partial charge in [-0.05, 0) is 32.0 Å². The van der Waals surface area contributed by atoms with Crippen molar-refractivity contribution in [2.45, 2.75) is 24.1 Å². The molecule has 0 spiro atoms. The molecule has 2 aromatic carbocycles. The molecule has 1 N–H and O–H groups in total. The third-order valence-corrected chi connectivity index (χ3v) is 5.10. The summed E-state index contributed by atoms with van der Waals surface area (Å²) in [5, 5.41) is 2.46. The number of benzene rings is 2. The maximum Gasteiger partial charge on any atom is 0.258 e. The van der Waals surface area contributed by atoms with Crippen molar-refractivity contribution >= 4 is 33.6 Å². The average molecular weight is 348 g/mol. The Balaban J connectivity index is 1.76. The van der Waals surface area contributed by atoms with Crippen LogP contribution in [0.25, 0.3) is 21.8 Å². The minimum atomic E-state index is -0.114. The molecular formula is C19H16N4OS. The van der Waals surface area contributed by atoms with Crippen molar-refractivity contribution < 1.29 is 0 Å². The summed E-state index contributed by atoms with van der Waals surface area (Å²) >= 11 is 1.57. The number of aromatic amines is 1. The third-order valence-electron chi connectivity index (χ3n) is 3.98. The minimum absolute atomic E-state index is 0.0463. The molecule has 0 saturated heterocycles. The van der Waals surface area contributed by atoms with Gasteiger partial charge in [0.1, 0.15) is 16.7 Å². The number of aromatic nitrogens is 4. The van der Waals surface area contributed by atoms with Crippen LogP contribution in [-0.2, 0) is 0 Å². The maximum atomic E-state index is 12.3. The summed E-state index contributed by atoms with van der Waals surface area (Å²) in [6.45, 7) is 3.90. The van der Waals surface area contributed by atoms with Gasteiger partial charge in [-0.15, -0.1) is 0 Å². The zero-order valence-corrected chi connectivity index (χ0v) is 14.7. The number of nitrogens with zero attached hydrogens (tertiary/aromatic N) is 3. The van der Waals surface area contributed by atoms with E-state index in [0.29, 0.717) is 16.7 Å². The highest BCUT2D eigenvalue weighted by atomic mass is 32.2. The molecule has 0 aliphatic heterocycles. The van der Waals surface area contributed by atoms with Crippen LogP contribution in [0.3, 0.4) is 0 Å². The van der Waals surface area contributed by atoms with E-state index >= 15 is 0 Å². The van der Waals surface area contributed by atoms with Crippen molar-refractivity contribution in [1.29, 1.82) is 0 Å². The fraction of sp³-hybridized carbons (Fsp3) is 0.158. The van der Waals surface area contributed by atoms with Crippen molar-refractivity contribution in [3.63, 3.8) is 0 Å². The molecule has 0 amide bonds. The zero-order valence-electron chi connectivity index (χ0n) is 13.9. The Morgan fingerprint density at radius 1 is 0.920 bits per heavy atom. The topological polar surface area (TPSA) is 71.5 Å². The molecule has 0 fully saturated rings. The number of para-hydroxylation sites is 2. The van der Waals surface area contributed by atoms with Crippen molar-refractivity contribution in [3.05, 3.63) is 70.5 Å². The van der Waals surface area contributed by atoms with Crippen LogP contribution < -0.4 is 5.56 Å². The number of H-pyrrole nitrogens is 1. The standard InChI is InChI=1S/C19H16N4OS/c1-11(17-22-15-9-5-3-7-13(15)18(24)23-17)25-19-14-8-4-6-10-16(14)20-12(2)21-19/h3-11H,1-2H3,(H,22,23,24)/t11-/m0/s1. The van der Waals surface area contributed by atoms with Crippen LogP contribution in [0.1, 0.15) is 23.8 Å². The summed E-state index contributed by atoms with van der Waals surface area (Å²) in [6, 6.07) is 15.3. The molecule has 4 rings (SSSR count). The highest BCUT2D eigenvalue weighted by Gasteiger charge is 2.15. The fourth-order valence-corrected chi connectivity index (χ4v) is 3.81. The van der Waals surface area contributed by atoms with E-state index in [4.69, 9.17) is 0 Å². The molecule has 0 aliphatic carbocycles. The van der Waals surface area contributed by atoms with Crippen LogP contribution in [0.15, 0.2) is 58.4 Å². The first-order chi connectivity index (χ1) is 12.1. The van der Waals surface area contributed by atoms with Gasteiger partial charge in [-0.1, -0.05) is 42.1 Å². The predicted octanol–water partition coefficient (Wildman–Crippen LogP) is 4.03. The molecule has 0 radical (unpaired) electrons. The first-order valence-electron chi connectivity index (χ1n) is 8.01. The second-order valence-corrected chi connectivity index (χ2v) is 7.15. The Morgan fingerprint density at radius 2 is 1.56 bits per heavy atom. The van der Waals surface area contributed by atoms with Crippen molar-refractivity contribution in [2.75, 3.05) is 0 Å². The van der Waals surface area contributed by atoms with E-state index in [-0.39, 0.29) is 10.8 Å². The molecule has 25 heavy (non-hydrogen) atoms. The molecule has 4 aromatic rings. The second-order valence-electron chi connectivity index (χ2n) is 5.82. The van der Waals surface area contributed by atoms with Crippen LogP contribution in [-0.4, -0.2) is 19.9 Å². The van der Waals surface area contributed by atoms with Gasteiger partial charge in [-0.25, -0.2) is 15.0 Å². The molecule has 0 unspecified atom stereocenters. The normalized spacial score (nSPS) is 12.6. The summed E-state index contributed by atoms with van der Waals surface area (Å²) < 4.78 is 0. The lowest BCUT2D eigenvalue weighted by Crippen LogP contribution is -2.12. The van der Waals surface area contributed by atoms with Gasteiger partial charge in [-0.3, -0.25) is 4.79 Å². The van der Waals surface area contributed by atoms with Crippen molar-refractivity contribution in [3.8, 4) is 0 Å². The number of hydrogen-bond donors (Lipinski definition) is 1. The SMILES string of the molecule is Cc1nc(S[C@@H](C)c2nc3ccccc3c(=O)[nH]2)c2ccccc2n1. The van der Waals surface area contributed by atoms with Gasteiger partial charge >= 0.3 is 0 Å². The zero-order chi connectivity index (χ0) is 17.4. The lowest BCUT2D eigenvalue weighted by atomic mass is 10.2. The van der Waals surface area contributed by atoms with Crippen LogP contribution in [0, 0.1) is 6.92 Å². The Bertz CT molecular complexity index is 1140. The minimum Gasteiger partial charge on any atom is -0.309 e. The quantitative estimate of drug-likeness (QED) is 0.447. The molecule has 1 atom stereocenters. The molecule has 5 nitrogen and oxygen atoms in total. The smallest absolute Gasteiger partial charge is 0.258 e. The second kappa shape index (κ2) is 6.29. The largest absolute Gasteiger partial charge is 0.309 e.